The summed E-state index contributed by atoms with van der Waals surface area (Å²) in [6, 6.07) is 10.9. The van der Waals surface area contributed by atoms with E-state index in [-0.39, 0.29) is 5.56 Å². The Morgan fingerprint density at radius 1 is 1.13 bits per heavy atom. The molecule has 0 spiro atoms. The number of pyridine rings is 1. The highest BCUT2D eigenvalue weighted by Crippen LogP contribution is 2.40. The van der Waals surface area contributed by atoms with Crippen LogP contribution in [-0.4, -0.2) is 20.6 Å². The summed E-state index contributed by atoms with van der Waals surface area (Å²) in [7, 11) is 1.88. The fourth-order valence-corrected chi connectivity index (χ4v) is 4.21. The van der Waals surface area contributed by atoms with Gasteiger partial charge < -0.3 is 9.67 Å². The normalized spacial score (nSPS) is 13.6. The Labute approximate surface area is 177 Å². The van der Waals surface area contributed by atoms with E-state index in [1.54, 1.807) is 12.3 Å². The van der Waals surface area contributed by atoms with E-state index in [4.69, 9.17) is 0 Å². The average molecular weight is 418 g/mol. The SMILES string of the molecule is Cn1ccc2cc(Cc3ncc(C4CC4)cc3C(=O)O)cc(-c3cc(F)cc(F)c3)c21. The Balaban J connectivity index is 1.62. The maximum Gasteiger partial charge on any atom is 0.337 e. The zero-order valence-electron chi connectivity index (χ0n) is 16.9. The molecule has 6 heteroatoms. The molecule has 1 fully saturated rings. The van der Waals surface area contributed by atoms with Crippen molar-refractivity contribution in [2.75, 3.05) is 0 Å². The minimum absolute atomic E-state index is 0.205. The lowest BCUT2D eigenvalue weighted by Crippen LogP contribution is -2.07. The molecule has 2 heterocycles. The molecule has 0 aliphatic heterocycles. The standard InChI is InChI=1S/C25H20F2N2O2/c1-29-5-4-16-6-14(7-21(24(16)29)17-9-19(26)12-20(27)10-17)8-23-22(25(30)31)11-18(13-28-23)15-2-3-15/h4-7,9-13,15H,2-3,8H2,1H3,(H,30,31). The summed E-state index contributed by atoms with van der Waals surface area (Å²) in [6.45, 7) is 0. The van der Waals surface area contributed by atoms with Gasteiger partial charge in [0.25, 0.3) is 0 Å². The molecular weight excluding hydrogens is 398 g/mol. The highest BCUT2D eigenvalue weighted by molar-refractivity contribution is 5.95. The van der Waals surface area contributed by atoms with Gasteiger partial charge in [-0.2, -0.15) is 0 Å². The van der Waals surface area contributed by atoms with E-state index < -0.39 is 17.6 Å². The van der Waals surface area contributed by atoms with Gasteiger partial charge in [0, 0.05) is 42.9 Å². The van der Waals surface area contributed by atoms with Crippen LogP contribution >= 0.6 is 0 Å². The molecule has 0 amide bonds. The Bertz CT molecular complexity index is 1320. The molecule has 156 valence electrons. The summed E-state index contributed by atoms with van der Waals surface area (Å²) in [6.07, 6.45) is 6.10. The molecule has 1 saturated carbocycles. The predicted octanol–water partition coefficient (Wildman–Crippen LogP) is 5.68. The summed E-state index contributed by atoms with van der Waals surface area (Å²) >= 11 is 0. The van der Waals surface area contributed by atoms with E-state index in [9.17, 15) is 18.7 Å². The number of carboxylic acid groups (broad SMARTS) is 1. The number of carbonyl (C=O) groups is 1. The summed E-state index contributed by atoms with van der Waals surface area (Å²) in [5.74, 6) is -1.88. The van der Waals surface area contributed by atoms with Crippen LogP contribution in [-0.2, 0) is 13.5 Å². The number of aromatic carboxylic acids is 1. The number of fused-ring (bicyclic) bond motifs is 1. The monoisotopic (exact) mass is 418 g/mol. The van der Waals surface area contributed by atoms with Gasteiger partial charge in [0.2, 0.25) is 0 Å². The summed E-state index contributed by atoms with van der Waals surface area (Å²) in [5, 5.41) is 10.6. The van der Waals surface area contributed by atoms with Crippen LogP contribution in [0.1, 0.15) is 45.9 Å². The Morgan fingerprint density at radius 3 is 2.55 bits per heavy atom. The van der Waals surface area contributed by atoms with Crippen LogP contribution in [0.2, 0.25) is 0 Å². The van der Waals surface area contributed by atoms with Gasteiger partial charge in [0.15, 0.2) is 0 Å². The average Bonchev–Trinajstić information content (AvgIpc) is 3.50. The zero-order valence-corrected chi connectivity index (χ0v) is 16.9. The summed E-state index contributed by atoms with van der Waals surface area (Å²) in [5.41, 5.74) is 4.44. The van der Waals surface area contributed by atoms with Gasteiger partial charge in [0.1, 0.15) is 11.6 Å². The molecule has 2 aromatic heterocycles. The fourth-order valence-electron chi connectivity index (χ4n) is 4.21. The lowest BCUT2D eigenvalue weighted by atomic mass is 9.96. The van der Waals surface area contributed by atoms with Crippen molar-refractivity contribution in [2.45, 2.75) is 25.2 Å². The van der Waals surface area contributed by atoms with E-state index in [0.29, 0.717) is 29.2 Å². The number of rotatable bonds is 5. The second kappa shape index (κ2) is 7.30. The molecule has 0 unspecified atom stereocenters. The van der Waals surface area contributed by atoms with E-state index in [1.807, 2.05) is 36.0 Å². The number of benzene rings is 2. The topological polar surface area (TPSA) is 55.1 Å². The molecule has 4 nitrogen and oxygen atoms in total. The minimum atomic E-state index is -1.00. The molecule has 2 aromatic carbocycles. The van der Waals surface area contributed by atoms with Gasteiger partial charge in [-0.1, -0.05) is 0 Å². The van der Waals surface area contributed by atoms with Gasteiger partial charge in [0.05, 0.1) is 16.8 Å². The molecule has 5 rings (SSSR count). The van der Waals surface area contributed by atoms with Gasteiger partial charge >= 0.3 is 5.97 Å². The van der Waals surface area contributed by atoms with Crippen molar-refractivity contribution in [3.63, 3.8) is 0 Å². The first-order chi connectivity index (χ1) is 14.9. The molecule has 0 atom stereocenters. The van der Waals surface area contributed by atoms with Crippen molar-refractivity contribution in [1.82, 2.24) is 9.55 Å². The van der Waals surface area contributed by atoms with Crippen LogP contribution in [0.5, 0.6) is 0 Å². The quantitative estimate of drug-likeness (QED) is 0.453. The Kier molecular flexibility index (Phi) is 4.58. The number of hydrogen-bond donors (Lipinski definition) is 1. The lowest BCUT2D eigenvalue weighted by molar-refractivity contribution is 0.0695. The van der Waals surface area contributed by atoms with Crippen molar-refractivity contribution in [2.24, 2.45) is 7.05 Å². The molecule has 1 aliphatic rings. The fraction of sp³-hybridized carbons (Fsp3) is 0.200. The Hall–Kier alpha value is -3.54. The van der Waals surface area contributed by atoms with Crippen LogP contribution in [0.4, 0.5) is 8.78 Å². The number of nitrogens with zero attached hydrogens (tertiary/aromatic N) is 2. The van der Waals surface area contributed by atoms with Crippen molar-refractivity contribution in [3.05, 3.63) is 88.9 Å². The highest BCUT2D eigenvalue weighted by atomic mass is 19.1. The number of aryl methyl sites for hydroxylation is 1. The maximum absolute atomic E-state index is 13.9. The van der Waals surface area contributed by atoms with Gasteiger partial charge in [-0.05, 0) is 71.8 Å². The van der Waals surface area contributed by atoms with Crippen LogP contribution in [0.3, 0.4) is 0 Å². The van der Waals surface area contributed by atoms with Crippen molar-refractivity contribution >= 4 is 16.9 Å². The molecule has 0 bridgehead atoms. The summed E-state index contributed by atoms with van der Waals surface area (Å²) in [4.78, 5) is 16.3. The zero-order chi connectivity index (χ0) is 21.7. The van der Waals surface area contributed by atoms with Crippen LogP contribution in [0.15, 0.2) is 54.9 Å². The second-order valence-electron chi connectivity index (χ2n) is 8.19. The maximum atomic E-state index is 13.9. The van der Waals surface area contributed by atoms with Gasteiger partial charge in [-0.3, -0.25) is 4.98 Å². The molecule has 1 aliphatic carbocycles. The van der Waals surface area contributed by atoms with E-state index in [0.717, 1.165) is 40.9 Å². The first-order valence-electron chi connectivity index (χ1n) is 10.2. The molecule has 1 N–H and O–H groups in total. The largest absolute Gasteiger partial charge is 0.478 e. The third kappa shape index (κ3) is 3.69. The summed E-state index contributed by atoms with van der Waals surface area (Å²) < 4.78 is 29.7. The van der Waals surface area contributed by atoms with Crippen LogP contribution < -0.4 is 0 Å². The first kappa shape index (κ1) is 19.4. The van der Waals surface area contributed by atoms with Crippen molar-refractivity contribution < 1.29 is 18.7 Å². The van der Waals surface area contributed by atoms with E-state index in [1.165, 1.54) is 12.1 Å². The van der Waals surface area contributed by atoms with Crippen molar-refractivity contribution in [1.29, 1.82) is 0 Å². The van der Waals surface area contributed by atoms with Gasteiger partial charge in [-0.15, -0.1) is 0 Å². The molecule has 0 saturated heterocycles. The lowest BCUT2D eigenvalue weighted by Gasteiger charge is -2.12. The highest BCUT2D eigenvalue weighted by Gasteiger charge is 2.26. The van der Waals surface area contributed by atoms with Crippen molar-refractivity contribution in [3.8, 4) is 11.1 Å². The third-order valence-electron chi connectivity index (χ3n) is 5.85. The van der Waals surface area contributed by atoms with E-state index in [2.05, 4.69) is 4.98 Å². The number of aromatic nitrogens is 2. The molecular formula is C25H20F2N2O2. The van der Waals surface area contributed by atoms with Crippen LogP contribution in [0.25, 0.3) is 22.0 Å². The smallest absolute Gasteiger partial charge is 0.337 e. The number of halogens is 2. The number of hydrogen-bond acceptors (Lipinski definition) is 2. The first-order valence-corrected chi connectivity index (χ1v) is 10.2. The number of carboxylic acids is 1. The third-order valence-corrected chi connectivity index (χ3v) is 5.85. The second-order valence-corrected chi connectivity index (χ2v) is 8.19. The Morgan fingerprint density at radius 2 is 1.87 bits per heavy atom. The van der Waals surface area contributed by atoms with Gasteiger partial charge in [-0.25, -0.2) is 13.6 Å². The molecule has 0 radical (unpaired) electrons. The minimum Gasteiger partial charge on any atom is -0.478 e. The van der Waals surface area contributed by atoms with Crippen LogP contribution in [0, 0.1) is 11.6 Å². The molecule has 31 heavy (non-hydrogen) atoms. The molecule has 4 aromatic rings. The predicted molar refractivity (Wildman–Crippen MR) is 114 cm³/mol. The van der Waals surface area contributed by atoms with E-state index >= 15 is 0 Å².